The first-order chi connectivity index (χ1) is 14.4. The zero-order chi connectivity index (χ0) is 23.0. The third-order valence-electron chi connectivity index (χ3n) is 4.01. The van der Waals surface area contributed by atoms with Crippen LogP contribution >= 0.6 is 11.6 Å². The zero-order valence-corrected chi connectivity index (χ0v) is 17.5. The van der Waals surface area contributed by atoms with Gasteiger partial charge in [0.05, 0.1) is 16.5 Å². The van der Waals surface area contributed by atoms with E-state index in [1.165, 1.54) is 24.0 Å². The second-order valence-electron chi connectivity index (χ2n) is 6.41. The maximum atomic E-state index is 13.2. The third-order valence-corrected chi connectivity index (χ3v) is 5.26. The van der Waals surface area contributed by atoms with E-state index in [1.54, 1.807) is 6.07 Å². The highest BCUT2D eigenvalue weighted by Crippen LogP contribution is 2.32. The summed E-state index contributed by atoms with van der Waals surface area (Å²) in [6.45, 7) is 1.49. The molecule has 0 saturated carbocycles. The maximum Gasteiger partial charge on any atom is 0.416 e. The van der Waals surface area contributed by atoms with Crippen molar-refractivity contribution in [2.45, 2.75) is 24.0 Å². The lowest BCUT2D eigenvalue weighted by atomic mass is 10.1. The van der Waals surface area contributed by atoms with E-state index in [4.69, 9.17) is 11.6 Å². The molecule has 1 N–H and O–H groups in total. The summed E-state index contributed by atoms with van der Waals surface area (Å²) in [4.78, 5) is 24.0. The summed E-state index contributed by atoms with van der Waals surface area (Å²) in [5.41, 5.74) is -1.76. The number of aromatic nitrogens is 5. The molecule has 14 heteroatoms. The van der Waals surface area contributed by atoms with Crippen molar-refractivity contribution >= 4 is 27.3 Å². The fourth-order valence-corrected chi connectivity index (χ4v) is 3.42. The molecule has 0 aliphatic rings. The smallest absolute Gasteiger partial charge is 0.342 e. The zero-order valence-electron chi connectivity index (χ0n) is 15.9. The van der Waals surface area contributed by atoms with Gasteiger partial charge in [-0.1, -0.05) is 0 Å². The van der Waals surface area contributed by atoms with Crippen molar-refractivity contribution in [2.24, 2.45) is 0 Å². The summed E-state index contributed by atoms with van der Waals surface area (Å²) < 4.78 is 64.3. The van der Waals surface area contributed by atoms with Gasteiger partial charge >= 0.3 is 6.18 Å². The van der Waals surface area contributed by atoms with Crippen LogP contribution in [0.2, 0.25) is 5.28 Å². The van der Waals surface area contributed by atoms with Gasteiger partial charge in [-0.15, -0.1) is 5.10 Å². The Morgan fingerprint density at radius 1 is 1.19 bits per heavy atom. The highest BCUT2D eigenvalue weighted by molar-refractivity contribution is 7.90. The van der Waals surface area contributed by atoms with Gasteiger partial charge in [0.2, 0.25) is 5.28 Å². The standard InChI is InChI=1S/C17H14ClF3N6O3S/c1-9(13-25-15(18)26-27(13)16-22-4-3-5-23-16)24-14(28)10-6-11(17(19,20)21)8-12(7-10)31(2,29)30/h3-9H,1-2H3,(H,24,28)/t9-/m0/s1. The molecule has 0 aliphatic heterocycles. The number of benzene rings is 1. The molecule has 2 heterocycles. The minimum absolute atomic E-state index is 0.108. The molecule has 1 aromatic carbocycles. The number of carbonyl (C=O) groups excluding carboxylic acids is 1. The first-order valence-corrected chi connectivity index (χ1v) is 10.8. The molecule has 164 valence electrons. The van der Waals surface area contributed by atoms with Gasteiger partial charge < -0.3 is 5.32 Å². The Labute approximate surface area is 179 Å². The monoisotopic (exact) mass is 474 g/mol. The Morgan fingerprint density at radius 3 is 2.42 bits per heavy atom. The molecule has 0 bridgehead atoms. The summed E-state index contributed by atoms with van der Waals surface area (Å²) in [5.74, 6) is -0.737. The SMILES string of the molecule is C[C@H](NC(=O)c1cc(C(F)(F)F)cc(S(C)(=O)=O)c1)c1nc(Cl)nn1-c1ncccn1. The lowest BCUT2D eigenvalue weighted by Crippen LogP contribution is -2.29. The van der Waals surface area contributed by atoms with E-state index in [9.17, 15) is 26.4 Å². The van der Waals surface area contributed by atoms with E-state index in [0.717, 1.165) is 12.3 Å². The first kappa shape index (κ1) is 22.6. The molecular formula is C17H14ClF3N6O3S. The third kappa shape index (κ3) is 5.17. The molecule has 0 aliphatic carbocycles. The number of alkyl halides is 3. The highest BCUT2D eigenvalue weighted by Gasteiger charge is 2.33. The normalized spacial score (nSPS) is 13.1. The van der Waals surface area contributed by atoms with Gasteiger partial charge in [-0.05, 0) is 42.8 Å². The van der Waals surface area contributed by atoms with Crippen LogP contribution in [0.3, 0.4) is 0 Å². The van der Waals surface area contributed by atoms with Gasteiger partial charge in [-0.3, -0.25) is 4.79 Å². The number of halogens is 4. The molecule has 1 atom stereocenters. The van der Waals surface area contributed by atoms with E-state index in [1.807, 2.05) is 0 Å². The summed E-state index contributed by atoms with van der Waals surface area (Å²) in [6.07, 6.45) is -1.21. The van der Waals surface area contributed by atoms with Crippen molar-refractivity contribution < 1.29 is 26.4 Å². The molecule has 31 heavy (non-hydrogen) atoms. The van der Waals surface area contributed by atoms with Crippen LogP contribution in [0.5, 0.6) is 0 Å². The second-order valence-corrected chi connectivity index (χ2v) is 8.76. The van der Waals surface area contributed by atoms with E-state index in [2.05, 4.69) is 25.4 Å². The van der Waals surface area contributed by atoms with Gasteiger partial charge in [-0.25, -0.2) is 18.4 Å². The summed E-state index contributed by atoms with van der Waals surface area (Å²) in [6, 6.07) is 2.57. The highest BCUT2D eigenvalue weighted by atomic mass is 35.5. The Balaban J connectivity index is 1.96. The number of nitrogens with one attached hydrogen (secondary N) is 1. The van der Waals surface area contributed by atoms with Crippen LogP contribution in [0.25, 0.3) is 5.95 Å². The quantitative estimate of drug-likeness (QED) is 0.603. The molecule has 0 saturated heterocycles. The Morgan fingerprint density at radius 2 is 1.84 bits per heavy atom. The molecule has 0 unspecified atom stereocenters. The Kier molecular flexibility index (Phi) is 6.00. The van der Waals surface area contributed by atoms with Crippen LogP contribution in [0.1, 0.15) is 34.7 Å². The number of hydrogen-bond acceptors (Lipinski definition) is 7. The fraction of sp³-hybridized carbons (Fsp3) is 0.235. The van der Waals surface area contributed by atoms with E-state index < -0.39 is 44.0 Å². The maximum absolute atomic E-state index is 13.2. The van der Waals surface area contributed by atoms with Crippen LogP contribution in [0, 0.1) is 0 Å². The van der Waals surface area contributed by atoms with Crippen LogP contribution in [-0.2, 0) is 16.0 Å². The molecular weight excluding hydrogens is 461 g/mol. The predicted octanol–water partition coefficient (Wildman–Crippen LogP) is 2.62. The van der Waals surface area contributed by atoms with Gasteiger partial charge in [0.25, 0.3) is 11.9 Å². The van der Waals surface area contributed by atoms with Crippen molar-refractivity contribution in [3.63, 3.8) is 0 Å². The lowest BCUT2D eigenvalue weighted by molar-refractivity contribution is -0.137. The van der Waals surface area contributed by atoms with E-state index in [0.29, 0.717) is 12.1 Å². The fourth-order valence-electron chi connectivity index (χ4n) is 2.58. The second kappa shape index (κ2) is 8.23. The topological polar surface area (TPSA) is 120 Å². The van der Waals surface area contributed by atoms with Crippen LogP contribution in [0.4, 0.5) is 13.2 Å². The lowest BCUT2D eigenvalue weighted by Gasteiger charge is -2.15. The molecule has 0 spiro atoms. The van der Waals surface area contributed by atoms with Crippen molar-refractivity contribution in [3.8, 4) is 5.95 Å². The molecule has 0 radical (unpaired) electrons. The minimum atomic E-state index is -4.85. The average molecular weight is 475 g/mol. The molecule has 1 amide bonds. The van der Waals surface area contributed by atoms with Crippen molar-refractivity contribution in [1.29, 1.82) is 0 Å². The van der Waals surface area contributed by atoms with Gasteiger partial charge in [0, 0.05) is 24.2 Å². The van der Waals surface area contributed by atoms with Gasteiger partial charge in [-0.2, -0.15) is 22.8 Å². The Hall–Kier alpha value is -3.06. The molecule has 0 fully saturated rings. The molecule has 9 nitrogen and oxygen atoms in total. The average Bonchev–Trinajstić information content (AvgIpc) is 3.09. The first-order valence-electron chi connectivity index (χ1n) is 8.49. The number of sulfone groups is 1. The number of hydrogen-bond donors (Lipinski definition) is 1. The summed E-state index contributed by atoms with van der Waals surface area (Å²) in [5, 5.41) is 6.23. The van der Waals surface area contributed by atoms with Crippen molar-refractivity contribution in [1.82, 2.24) is 30.0 Å². The number of carbonyl (C=O) groups is 1. The summed E-state index contributed by atoms with van der Waals surface area (Å²) >= 11 is 5.85. The van der Waals surface area contributed by atoms with E-state index in [-0.39, 0.29) is 17.1 Å². The number of rotatable bonds is 5. The van der Waals surface area contributed by atoms with Gasteiger partial charge in [0.1, 0.15) is 0 Å². The minimum Gasteiger partial charge on any atom is -0.342 e. The van der Waals surface area contributed by atoms with Crippen LogP contribution in [0.15, 0.2) is 41.6 Å². The van der Waals surface area contributed by atoms with Crippen LogP contribution in [-0.4, -0.2) is 45.3 Å². The summed E-state index contributed by atoms with van der Waals surface area (Å²) in [7, 11) is -4.00. The number of nitrogens with zero attached hydrogens (tertiary/aromatic N) is 5. The van der Waals surface area contributed by atoms with Gasteiger partial charge in [0.15, 0.2) is 15.7 Å². The van der Waals surface area contributed by atoms with Crippen LogP contribution < -0.4 is 5.32 Å². The largest absolute Gasteiger partial charge is 0.416 e. The molecule has 2 aromatic heterocycles. The van der Waals surface area contributed by atoms with Crippen molar-refractivity contribution in [2.75, 3.05) is 6.26 Å². The molecule has 3 rings (SSSR count). The predicted molar refractivity (Wildman–Crippen MR) is 102 cm³/mol. The Bertz CT molecular complexity index is 1230. The number of amides is 1. The molecule has 3 aromatic rings. The van der Waals surface area contributed by atoms with E-state index >= 15 is 0 Å². The van der Waals surface area contributed by atoms with Crippen molar-refractivity contribution in [3.05, 3.63) is 58.9 Å².